The fourth-order valence-corrected chi connectivity index (χ4v) is 0. The molecule has 0 amide bonds. The lowest BCUT2D eigenvalue weighted by molar-refractivity contribution is 1.21. The predicted molar refractivity (Wildman–Crippen MR) is 31.6 cm³/mol. The van der Waals surface area contributed by atoms with E-state index < -0.39 is 0 Å². The van der Waals surface area contributed by atoms with Gasteiger partial charge in [0.05, 0.1) is 3.23 Å². The number of hydrogen-bond acceptors (Lipinski definition) is 0. The second-order valence-electron chi connectivity index (χ2n) is 1.07. The van der Waals surface area contributed by atoms with Crippen LogP contribution in [0.1, 0.15) is 6.92 Å². The molecule has 0 spiro atoms. The van der Waals surface area contributed by atoms with Gasteiger partial charge in [0.1, 0.15) is 0 Å². The summed E-state index contributed by atoms with van der Waals surface area (Å²) in [6.45, 7) is 5.51. The quantitative estimate of drug-likeness (QED) is 0.527. The second kappa shape index (κ2) is 1.61. The Morgan fingerprint density at radius 3 is 1.60 bits per heavy atom. The summed E-state index contributed by atoms with van der Waals surface area (Å²) in [5.41, 5.74) is 0. The maximum absolute atomic E-state index is 3.60. The van der Waals surface area contributed by atoms with Gasteiger partial charge in [0.15, 0.2) is 0 Å². The van der Waals surface area contributed by atoms with Crippen LogP contribution in [-0.4, -0.2) is 3.23 Å². The molecule has 0 nitrogen and oxygen atoms in total. The highest BCUT2D eigenvalue weighted by Gasteiger charge is 2.02. The first kappa shape index (κ1) is 5.96. The standard InChI is InChI=1S/C3H5Br2/c1-3(2,4)5/h1H2,2H3. The van der Waals surface area contributed by atoms with Crippen molar-refractivity contribution in [3.05, 3.63) is 6.92 Å². The van der Waals surface area contributed by atoms with Crippen molar-refractivity contribution in [3.63, 3.8) is 0 Å². The Morgan fingerprint density at radius 2 is 1.60 bits per heavy atom. The molecule has 0 fully saturated rings. The normalized spacial score (nSPS) is 12.0. The molecule has 31 valence electrons. The molecule has 0 saturated carbocycles. The third-order valence-electron chi connectivity index (χ3n) is 0. The molecule has 0 saturated heterocycles. The van der Waals surface area contributed by atoms with Gasteiger partial charge < -0.3 is 0 Å². The summed E-state index contributed by atoms with van der Waals surface area (Å²) in [6, 6.07) is 0. The minimum absolute atomic E-state index is 0.125. The summed E-state index contributed by atoms with van der Waals surface area (Å²) in [5, 5.41) is 0. The average molecular weight is 201 g/mol. The minimum Gasteiger partial charge on any atom is -0.0730 e. The third-order valence-corrected chi connectivity index (χ3v) is 0. The zero-order valence-electron chi connectivity index (χ0n) is 2.96. The highest BCUT2D eigenvalue weighted by atomic mass is 79.9. The van der Waals surface area contributed by atoms with Crippen molar-refractivity contribution in [1.29, 1.82) is 0 Å². The van der Waals surface area contributed by atoms with Gasteiger partial charge in [-0.25, -0.2) is 0 Å². The van der Waals surface area contributed by atoms with Gasteiger partial charge in [-0.1, -0.05) is 31.9 Å². The average Bonchev–Trinajstić information content (AvgIpc) is 0.722. The SMILES string of the molecule is [CH2]C(C)(Br)Br. The predicted octanol–water partition coefficient (Wildman–Crippen LogP) is 2.33. The lowest BCUT2D eigenvalue weighted by Gasteiger charge is -1.99. The Labute approximate surface area is 49.2 Å². The van der Waals surface area contributed by atoms with Crippen LogP contribution in [0, 0.1) is 6.92 Å². The smallest absolute Gasteiger partial charge is 0.0730 e. The molecule has 0 unspecified atom stereocenters. The van der Waals surface area contributed by atoms with Gasteiger partial charge in [-0.3, -0.25) is 0 Å². The molecule has 0 aliphatic carbocycles. The van der Waals surface area contributed by atoms with Crippen LogP contribution in [0.25, 0.3) is 0 Å². The number of rotatable bonds is 0. The van der Waals surface area contributed by atoms with Crippen molar-refractivity contribution in [3.8, 4) is 0 Å². The van der Waals surface area contributed by atoms with Gasteiger partial charge in [0, 0.05) is 0 Å². The van der Waals surface area contributed by atoms with E-state index in [1.807, 2.05) is 6.92 Å². The fraction of sp³-hybridized carbons (Fsp3) is 0.667. The zero-order valence-corrected chi connectivity index (χ0v) is 6.14. The summed E-state index contributed by atoms with van der Waals surface area (Å²) in [5.74, 6) is 0. The first-order valence-electron chi connectivity index (χ1n) is 1.23. The number of hydrogen-bond donors (Lipinski definition) is 0. The van der Waals surface area contributed by atoms with Crippen LogP contribution in [-0.2, 0) is 0 Å². The lowest BCUT2D eigenvalue weighted by Crippen LogP contribution is -1.91. The van der Waals surface area contributed by atoms with Gasteiger partial charge in [-0.2, -0.15) is 0 Å². The van der Waals surface area contributed by atoms with E-state index in [1.165, 1.54) is 0 Å². The summed E-state index contributed by atoms with van der Waals surface area (Å²) < 4.78 is -0.125. The Hall–Kier alpha value is 0.960. The maximum atomic E-state index is 3.60. The van der Waals surface area contributed by atoms with Crippen LogP contribution >= 0.6 is 31.9 Å². The molecule has 0 aromatic carbocycles. The van der Waals surface area contributed by atoms with Crippen LogP contribution in [0.3, 0.4) is 0 Å². The maximum Gasteiger partial charge on any atom is 0.0778 e. The molecule has 0 N–H and O–H groups in total. The Kier molecular flexibility index (Phi) is 1.91. The van der Waals surface area contributed by atoms with E-state index in [4.69, 9.17) is 0 Å². The number of alkyl halides is 2. The summed E-state index contributed by atoms with van der Waals surface area (Å²) in [4.78, 5) is 0. The van der Waals surface area contributed by atoms with E-state index in [-0.39, 0.29) is 3.23 Å². The summed E-state index contributed by atoms with van der Waals surface area (Å²) in [6.07, 6.45) is 0. The third kappa shape index (κ3) is 47.2. The lowest BCUT2D eigenvalue weighted by atomic mass is 10.6. The van der Waals surface area contributed by atoms with Gasteiger partial charge in [0.2, 0.25) is 0 Å². The second-order valence-corrected chi connectivity index (χ2v) is 5.63. The van der Waals surface area contributed by atoms with Crippen LogP contribution in [0.5, 0.6) is 0 Å². The molecule has 5 heavy (non-hydrogen) atoms. The van der Waals surface area contributed by atoms with Gasteiger partial charge in [0.25, 0.3) is 0 Å². The molecule has 0 heterocycles. The van der Waals surface area contributed by atoms with Gasteiger partial charge in [-0.05, 0) is 13.8 Å². The molecular weight excluding hydrogens is 196 g/mol. The van der Waals surface area contributed by atoms with Crippen molar-refractivity contribution in [2.75, 3.05) is 0 Å². The molecule has 0 atom stereocenters. The van der Waals surface area contributed by atoms with E-state index in [0.717, 1.165) is 0 Å². The van der Waals surface area contributed by atoms with E-state index in [1.54, 1.807) is 0 Å². The summed E-state index contributed by atoms with van der Waals surface area (Å²) in [7, 11) is 0. The van der Waals surface area contributed by atoms with Crippen LogP contribution in [0.15, 0.2) is 0 Å². The molecule has 0 rings (SSSR count). The molecule has 0 aromatic heterocycles. The molecule has 1 radical (unpaired) electrons. The van der Waals surface area contributed by atoms with E-state index in [9.17, 15) is 0 Å². The zero-order chi connectivity index (χ0) is 4.50. The minimum atomic E-state index is -0.125. The molecular formula is C3H5Br2. The fourth-order valence-electron chi connectivity index (χ4n) is 0. The van der Waals surface area contributed by atoms with E-state index in [2.05, 4.69) is 38.8 Å². The topological polar surface area (TPSA) is 0 Å². The highest BCUT2D eigenvalue weighted by molar-refractivity contribution is 9.25. The van der Waals surface area contributed by atoms with E-state index in [0.29, 0.717) is 0 Å². The van der Waals surface area contributed by atoms with Crippen LogP contribution in [0.4, 0.5) is 0 Å². The largest absolute Gasteiger partial charge is 0.0778 e. The monoisotopic (exact) mass is 199 g/mol. The molecule has 0 aromatic rings. The molecule has 0 aliphatic rings. The first-order valence-corrected chi connectivity index (χ1v) is 2.82. The van der Waals surface area contributed by atoms with Crippen molar-refractivity contribution in [2.24, 2.45) is 0 Å². The molecule has 0 aliphatic heterocycles. The Morgan fingerprint density at radius 1 is 1.60 bits per heavy atom. The Balaban J connectivity index is 3.02. The van der Waals surface area contributed by atoms with Crippen LogP contribution < -0.4 is 0 Å². The highest BCUT2D eigenvalue weighted by Crippen LogP contribution is 2.21. The first-order chi connectivity index (χ1) is 2.00. The van der Waals surface area contributed by atoms with Gasteiger partial charge >= 0.3 is 0 Å². The van der Waals surface area contributed by atoms with Crippen molar-refractivity contribution in [1.82, 2.24) is 0 Å². The van der Waals surface area contributed by atoms with E-state index >= 15 is 0 Å². The Bertz CT molecular complexity index is 20.4. The van der Waals surface area contributed by atoms with Crippen molar-refractivity contribution < 1.29 is 0 Å². The van der Waals surface area contributed by atoms with Crippen LogP contribution in [0.2, 0.25) is 0 Å². The number of halogens is 2. The summed E-state index contributed by atoms with van der Waals surface area (Å²) >= 11 is 6.36. The molecule has 0 bridgehead atoms. The van der Waals surface area contributed by atoms with Gasteiger partial charge in [-0.15, -0.1) is 0 Å². The van der Waals surface area contributed by atoms with Crippen molar-refractivity contribution >= 4 is 31.9 Å². The molecule has 2 heteroatoms. The van der Waals surface area contributed by atoms with Crippen molar-refractivity contribution in [2.45, 2.75) is 10.2 Å².